The number of allylic oxidation sites excluding steroid dienone is 4. The predicted molar refractivity (Wildman–Crippen MR) is 99.0 cm³/mol. The van der Waals surface area contributed by atoms with Crippen LogP contribution >= 0.6 is 11.6 Å². The summed E-state index contributed by atoms with van der Waals surface area (Å²) in [6.07, 6.45) is 5.23. The zero-order chi connectivity index (χ0) is 19.8. The van der Waals surface area contributed by atoms with Crippen molar-refractivity contribution in [2.24, 2.45) is 22.7 Å². The quantitative estimate of drug-likeness (QED) is 0.704. The molecule has 4 rings (SSSR count). The molecule has 0 spiro atoms. The molecule has 0 aromatic rings. The summed E-state index contributed by atoms with van der Waals surface area (Å²) in [6, 6.07) is 0. The van der Waals surface area contributed by atoms with Gasteiger partial charge in [0.2, 0.25) is 0 Å². The molecule has 3 saturated carbocycles. The zero-order valence-electron chi connectivity index (χ0n) is 15.7. The number of ketones is 2. The van der Waals surface area contributed by atoms with Gasteiger partial charge in [0, 0.05) is 10.8 Å². The van der Waals surface area contributed by atoms with E-state index in [0.717, 1.165) is 5.57 Å². The largest absolute Gasteiger partial charge is 0.390 e. The molecule has 4 aliphatic rings. The van der Waals surface area contributed by atoms with E-state index >= 15 is 4.39 Å². The van der Waals surface area contributed by atoms with Crippen LogP contribution in [0, 0.1) is 22.7 Å². The maximum absolute atomic E-state index is 16.7. The summed E-state index contributed by atoms with van der Waals surface area (Å²) in [7, 11) is 0. The van der Waals surface area contributed by atoms with Gasteiger partial charge in [-0.05, 0) is 63.0 Å². The molecule has 27 heavy (non-hydrogen) atoms. The molecule has 6 heteroatoms. The Labute approximate surface area is 163 Å². The molecule has 0 bridgehead atoms. The maximum Gasteiger partial charge on any atom is 0.182 e. The number of aliphatic hydroxyl groups is 2. The normalized spacial score (nSPS) is 51.3. The number of carbonyl (C=O) groups excluding carboxylic acids is 2. The van der Waals surface area contributed by atoms with Crippen LogP contribution in [0.15, 0.2) is 23.8 Å². The van der Waals surface area contributed by atoms with E-state index < -0.39 is 39.9 Å². The Bertz CT molecular complexity index is 778. The zero-order valence-corrected chi connectivity index (χ0v) is 16.4. The standard InChI is InChI=1S/C21H26ClFO4/c1-18-6-5-13(24)9-12(18)3-4-14-15-10-16(25)21(27,17(26)11-22)19(15,2)7-8-20(14,18)23/h5-6,9,14-16,25,27H,3-4,7-8,10-11H2,1-2H3/t14-,15-,16-,18-,19-,20+,21-/m0/s1. The van der Waals surface area contributed by atoms with Crippen LogP contribution in [0.1, 0.15) is 46.0 Å². The van der Waals surface area contributed by atoms with Gasteiger partial charge in [-0.15, -0.1) is 11.6 Å². The van der Waals surface area contributed by atoms with Crippen LogP contribution in [0.2, 0.25) is 0 Å². The van der Waals surface area contributed by atoms with Gasteiger partial charge in [-0.25, -0.2) is 4.39 Å². The fraction of sp³-hybridized carbons (Fsp3) is 0.714. The van der Waals surface area contributed by atoms with Crippen molar-refractivity contribution in [2.45, 2.75) is 63.3 Å². The fourth-order valence-electron chi connectivity index (χ4n) is 6.72. The van der Waals surface area contributed by atoms with Crippen LogP contribution in [-0.2, 0) is 9.59 Å². The second-order valence-electron chi connectivity index (χ2n) is 9.21. The molecule has 3 fully saturated rings. The van der Waals surface area contributed by atoms with Crippen LogP contribution in [0.25, 0.3) is 0 Å². The van der Waals surface area contributed by atoms with Gasteiger partial charge in [-0.1, -0.05) is 18.6 Å². The van der Waals surface area contributed by atoms with E-state index in [2.05, 4.69) is 0 Å². The van der Waals surface area contributed by atoms with Crippen LogP contribution in [0.3, 0.4) is 0 Å². The highest BCUT2D eigenvalue weighted by atomic mass is 35.5. The highest BCUT2D eigenvalue weighted by Crippen LogP contribution is 2.69. The van der Waals surface area contributed by atoms with Gasteiger partial charge in [0.1, 0.15) is 5.67 Å². The van der Waals surface area contributed by atoms with Crippen LogP contribution in [-0.4, -0.2) is 45.0 Å². The lowest BCUT2D eigenvalue weighted by Gasteiger charge is -2.60. The van der Waals surface area contributed by atoms with Crippen molar-refractivity contribution >= 4 is 23.2 Å². The summed E-state index contributed by atoms with van der Waals surface area (Å²) in [5, 5.41) is 21.8. The number of hydrogen-bond donors (Lipinski definition) is 2. The van der Waals surface area contributed by atoms with Crippen molar-refractivity contribution in [3.63, 3.8) is 0 Å². The summed E-state index contributed by atoms with van der Waals surface area (Å²) in [5.41, 5.74) is -4.47. The molecule has 7 atom stereocenters. The summed E-state index contributed by atoms with van der Waals surface area (Å²) < 4.78 is 16.7. The molecule has 4 nitrogen and oxygen atoms in total. The van der Waals surface area contributed by atoms with Gasteiger partial charge >= 0.3 is 0 Å². The molecule has 0 saturated heterocycles. The van der Waals surface area contributed by atoms with Gasteiger partial charge in [-0.3, -0.25) is 9.59 Å². The third kappa shape index (κ3) is 2.11. The number of halogens is 2. The number of rotatable bonds is 2. The van der Waals surface area contributed by atoms with Gasteiger partial charge < -0.3 is 10.2 Å². The van der Waals surface area contributed by atoms with E-state index in [1.165, 1.54) is 6.08 Å². The smallest absolute Gasteiger partial charge is 0.182 e. The van der Waals surface area contributed by atoms with E-state index in [-0.39, 0.29) is 36.8 Å². The molecule has 0 aromatic carbocycles. The fourth-order valence-corrected chi connectivity index (χ4v) is 6.92. The molecule has 0 aliphatic heterocycles. The van der Waals surface area contributed by atoms with Crippen molar-refractivity contribution in [2.75, 3.05) is 5.88 Å². The highest BCUT2D eigenvalue weighted by molar-refractivity contribution is 6.29. The topological polar surface area (TPSA) is 74.6 Å². The van der Waals surface area contributed by atoms with Gasteiger partial charge in [-0.2, -0.15) is 0 Å². The van der Waals surface area contributed by atoms with Crippen molar-refractivity contribution in [1.82, 2.24) is 0 Å². The van der Waals surface area contributed by atoms with Crippen molar-refractivity contribution in [1.29, 1.82) is 0 Å². The first-order chi connectivity index (χ1) is 12.5. The number of hydrogen-bond acceptors (Lipinski definition) is 4. The Morgan fingerprint density at radius 2 is 2.04 bits per heavy atom. The number of carbonyl (C=O) groups is 2. The Kier molecular flexibility index (Phi) is 4.10. The minimum Gasteiger partial charge on any atom is -0.390 e. The molecule has 0 aromatic heterocycles. The Morgan fingerprint density at radius 3 is 2.70 bits per heavy atom. The molecular weight excluding hydrogens is 371 g/mol. The lowest BCUT2D eigenvalue weighted by atomic mass is 9.45. The minimum absolute atomic E-state index is 0.108. The molecule has 4 aliphatic carbocycles. The third-order valence-electron chi connectivity index (χ3n) is 8.43. The Balaban J connectivity index is 1.78. The molecule has 0 radical (unpaired) electrons. The lowest BCUT2D eigenvalue weighted by Crippen LogP contribution is -2.64. The molecular formula is C21H26ClFO4. The van der Waals surface area contributed by atoms with Crippen LogP contribution in [0.5, 0.6) is 0 Å². The molecule has 2 N–H and O–H groups in total. The molecule has 0 unspecified atom stereocenters. The second kappa shape index (κ2) is 5.74. The van der Waals surface area contributed by atoms with Crippen molar-refractivity contribution in [3.05, 3.63) is 23.8 Å². The summed E-state index contributed by atoms with van der Waals surface area (Å²) >= 11 is 5.73. The first-order valence-electron chi connectivity index (χ1n) is 9.67. The maximum atomic E-state index is 16.7. The second-order valence-corrected chi connectivity index (χ2v) is 9.48. The van der Waals surface area contributed by atoms with Crippen molar-refractivity contribution in [3.8, 4) is 0 Å². The van der Waals surface area contributed by atoms with E-state index in [1.54, 1.807) is 19.1 Å². The number of fused-ring (bicyclic) bond motifs is 5. The average molecular weight is 397 g/mol. The SMILES string of the molecule is C[C@]12C=CC(=O)C=C1CC[C@H]1[C@@H]3C[C@H](O)[C@](O)(C(=O)CCl)[C@@]3(C)CC[C@@]12F. The van der Waals surface area contributed by atoms with E-state index in [1.807, 2.05) is 6.92 Å². The number of alkyl halides is 2. The van der Waals surface area contributed by atoms with Gasteiger partial charge in [0.05, 0.1) is 12.0 Å². The molecule has 148 valence electrons. The average Bonchev–Trinajstić information content (AvgIpc) is 2.84. The van der Waals surface area contributed by atoms with Crippen LogP contribution in [0.4, 0.5) is 4.39 Å². The Hall–Kier alpha value is -1.04. The molecule has 0 amide bonds. The minimum atomic E-state index is -1.93. The summed E-state index contributed by atoms with van der Waals surface area (Å²) in [4.78, 5) is 24.3. The lowest BCUT2D eigenvalue weighted by molar-refractivity contribution is -0.185. The first kappa shape index (κ1) is 19.3. The summed E-state index contributed by atoms with van der Waals surface area (Å²) in [6.45, 7) is 3.64. The molecule has 0 heterocycles. The van der Waals surface area contributed by atoms with E-state index in [0.29, 0.717) is 12.8 Å². The monoisotopic (exact) mass is 396 g/mol. The number of Topliss-reactive ketones (excluding diaryl/α,β-unsaturated/α-hetero) is 1. The van der Waals surface area contributed by atoms with E-state index in [9.17, 15) is 19.8 Å². The Morgan fingerprint density at radius 1 is 1.33 bits per heavy atom. The predicted octanol–water partition coefficient (Wildman–Crippen LogP) is 2.90. The van der Waals surface area contributed by atoms with Gasteiger partial charge in [0.25, 0.3) is 0 Å². The number of aliphatic hydroxyl groups excluding tert-OH is 1. The van der Waals surface area contributed by atoms with E-state index in [4.69, 9.17) is 11.6 Å². The third-order valence-corrected chi connectivity index (χ3v) is 8.67. The van der Waals surface area contributed by atoms with Crippen molar-refractivity contribution < 1.29 is 24.2 Å². The summed E-state index contributed by atoms with van der Waals surface area (Å²) in [5.74, 6) is -1.80. The first-order valence-corrected chi connectivity index (χ1v) is 10.2. The van der Waals surface area contributed by atoms with Gasteiger partial charge in [0.15, 0.2) is 17.2 Å². The van der Waals surface area contributed by atoms with Crippen LogP contribution < -0.4 is 0 Å². The highest BCUT2D eigenvalue weighted by Gasteiger charge is 2.73.